The van der Waals surface area contributed by atoms with Gasteiger partial charge in [-0.05, 0) is 30.3 Å². The molecule has 9 nitrogen and oxygen atoms in total. The molecule has 0 aliphatic rings. The van der Waals surface area contributed by atoms with Crippen molar-refractivity contribution in [2.45, 2.75) is 0 Å². The van der Waals surface area contributed by atoms with Crippen LogP contribution in [0.5, 0.6) is 0 Å². The molecule has 28 heavy (non-hydrogen) atoms. The molecular formula is C19H17N5O4. The van der Waals surface area contributed by atoms with Crippen molar-refractivity contribution in [2.75, 3.05) is 17.2 Å². The standard InChI is InChI=1S/C19H17N5O4/c20-18(26)13-4-2-5-14(10-13)22-17(25)11-21-19(27)23-15-6-1-3-12(9-15)16-7-8-28-24-16/h1-10H,11H2,(H2,20,26)(H,22,25)(H2,21,23,27). The van der Waals surface area contributed by atoms with E-state index in [1.165, 1.54) is 18.4 Å². The predicted octanol–water partition coefficient (Wildman–Crippen LogP) is 2.20. The molecule has 5 N–H and O–H groups in total. The summed E-state index contributed by atoms with van der Waals surface area (Å²) in [5.41, 5.74) is 7.83. The van der Waals surface area contributed by atoms with Gasteiger partial charge in [0.2, 0.25) is 11.8 Å². The number of anilines is 2. The molecule has 4 amide bonds. The number of nitrogens with zero attached hydrogens (tertiary/aromatic N) is 1. The number of amides is 4. The van der Waals surface area contributed by atoms with Gasteiger partial charge in [0.1, 0.15) is 12.0 Å². The molecule has 0 aliphatic carbocycles. The number of nitrogens with two attached hydrogens (primary N) is 1. The number of primary amides is 1. The third kappa shape index (κ3) is 4.94. The highest BCUT2D eigenvalue weighted by Crippen LogP contribution is 2.20. The molecule has 1 aromatic heterocycles. The fraction of sp³-hybridized carbons (Fsp3) is 0.0526. The van der Waals surface area contributed by atoms with Gasteiger partial charge in [-0.2, -0.15) is 0 Å². The molecule has 0 spiro atoms. The van der Waals surface area contributed by atoms with Crippen LogP contribution >= 0.6 is 0 Å². The van der Waals surface area contributed by atoms with Gasteiger partial charge in [0.25, 0.3) is 0 Å². The first-order valence-electron chi connectivity index (χ1n) is 8.26. The predicted molar refractivity (Wildman–Crippen MR) is 103 cm³/mol. The fourth-order valence-corrected chi connectivity index (χ4v) is 2.41. The van der Waals surface area contributed by atoms with E-state index in [1.807, 2.05) is 6.07 Å². The van der Waals surface area contributed by atoms with Crippen LogP contribution in [-0.2, 0) is 4.79 Å². The van der Waals surface area contributed by atoms with Crippen LogP contribution in [0, 0.1) is 0 Å². The summed E-state index contributed by atoms with van der Waals surface area (Å²) in [5.74, 6) is -1.05. The second kappa shape index (κ2) is 8.49. The largest absolute Gasteiger partial charge is 0.366 e. The molecular weight excluding hydrogens is 362 g/mol. The fourth-order valence-electron chi connectivity index (χ4n) is 2.41. The van der Waals surface area contributed by atoms with Crippen LogP contribution in [0.2, 0.25) is 0 Å². The Hall–Kier alpha value is -4.14. The van der Waals surface area contributed by atoms with Crippen LogP contribution in [0.3, 0.4) is 0 Å². The van der Waals surface area contributed by atoms with E-state index in [0.717, 1.165) is 5.56 Å². The third-order valence-electron chi connectivity index (χ3n) is 3.69. The smallest absolute Gasteiger partial charge is 0.319 e. The number of benzene rings is 2. The maximum absolute atomic E-state index is 12.0. The van der Waals surface area contributed by atoms with Gasteiger partial charge < -0.3 is 26.2 Å². The molecule has 142 valence electrons. The summed E-state index contributed by atoms with van der Waals surface area (Å²) in [4.78, 5) is 35.1. The minimum Gasteiger partial charge on any atom is -0.366 e. The maximum atomic E-state index is 12.0. The molecule has 0 bridgehead atoms. The van der Waals surface area contributed by atoms with Gasteiger partial charge in [0.05, 0.1) is 6.54 Å². The molecule has 0 saturated carbocycles. The summed E-state index contributed by atoms with van der Waals surface area (Å²) in [6.07, 6.45) is 1.46. The summed E-state index contributed by atoms with van der Waals surface area (Å²) in [5, 5.41) is 11.5. The highest BCUT2D eigenvalue weighted by atomic mass is 16.5. The summed E-state index contributed by atoms with van der Waals surface area (Å²) in [7, 11) is 0. The molecule has 3 aromatic rings. The minimum absolute atomic E-state index is 0.254. The quantitative estimate of drug-likeness (QED) is 0.520. The minimum atomic E-state index is -0.596. The van der Waals surface area contributed by atoms with E-state index in [4.69, 9.17) is 10.3 Å². The topological polar surface area (TPSA) is 139 Å². The molecule has 1 heterocycles. The van der Waals surface area contributed by atoms with Gasteiger partial charge in [-0.25, -0.2) is 4.79 Å². The summed E-state index contributed by atoms with van der Waals surface area (Å²) >= 11 is 0. The molecule has 0 aliphatic heterocycles. The molecule has 9 heteroatoms. The number of rotatable bonds is 6. The average molecular weight is 379 g/mol. The molecule has 0 radical (unpaired) electrons. The monoisotopic (exact) mass is 379 g/mol. The van der Waals surface area contributed by atoms with Crippen LogP contribution in [0.1, 0.15) is 10.4 Å². The average Bonchev–Trinajstić information content (AvgIpc) is 3.22. The highest BCUT2D eigenvalue weighted by Gasteiger charge is 2.09. The molecule has 3 rings (SSSR count). The first-order chi connectivity index (χ1) is 13.5. The summed E-state index contributed by atoms with van der Waals surface area (Å²) in [6.45, 7) is -0.254. The molecule has 0 fully saturated rings. The van der Waals surface area contributed by atoms with Gasteiger partial charge in [-0.15, -0.1) is 0 Å². The number of nitrogens with one attached hydrogen (secondary N) is 3. The Kier molecular flexibility index (Phi) is 5.66. The van der Waals surface area contributed by atoms with E-state index < -0.39 is 17.8 Å². The number of urea groups is 1. The first-order valence-corrected chi connectivity index (χ1v) is 8.26. The lowest BCUT2D eigenvalue weighted by molar-refractivity contribution is -0.115. The lowest BCUT2D eigenvalue weighted by Gasteiger charge is -2.09. The number of aromatic nitrogens is 1. The van der Waals surface area contributed by atoms with Crippen LogP contribution in [0.15, 0.2) is 65.4 Å². The van der Waals surface area contributed by atoms with Crippen molar-refractivity contribution in [2.24, 2.45) is 5.73 Å². The van der Waals surface area contributed by atoms with Gasteiger partial charge in [-0.1, -0.05) is 23.4 Å². The number of carbonyl (C=O) groups excluding carboxylic acids is 3. The normalized spacial score (nSPS) is 10.1. The molecule has 2 aromatic carbocycles. The summed E-state index contributed by atoms with van der Waals surface area (Å²) < 4.78 is 4.80. The van der Waals surface area contributed by atoms with E-state index in [-0.39, 0.29) is 12.1 Å². The molecule has 0 unspecified atom stereocenters. The third-order valence-corrected chi connectivity index (χ3v) is 3.69. The molecule has 0 atom stereocenters. The Labute approximate surface area is 159 Å². The van der Waals surface area contributed by atoms with Crippen molar-refractivity contribution in [3.63, 3.8) is 0 Å². The first kappa shape index (κ1) is 18.6. The van der Waals surface area contributed by atoms with Crippen molar-refractivity contribution in [3.05, 3.63) is 66.4 Å². The number of carbonyl (C=O) groups is 3. The van der Waals surface area contributed by atoms with Crippen molar-refractivity contribution < 1.29 is 18.9 Å². The van der Waals surface area contributed by atoms with Crippen LogP contribution in [0.25, 0.3) is 11.3 Å². The summed E-state index contributed by atoms with van der Waals surface area (Å²) in [6, 6.07) is 14.4. The van der Waals surface area contributed by atoms with Gasteiger partial charge in [0.15, 0.2) is 0 Å². The SMILES string of the molecule is NC(=O)c1cccc(NC(=O)CNC(=O)Nc2cccc(-c3ccon3)c2)c1. The van der Waals surface area contributed by atoms with Crippen LogP contribution in [0.4, 0.5) is 16.2 Å². The zero-order valence-corrected chi connectivity index (χ0v) is 14.6. The second-order valence-electron chi connectivity index (χ2n) is 5.77. The van der Waals surface area contributed by atoms with Crippen LogP contribution < -0.4 is 21.7 Å². The Morgan fingerprint density at radius 1 is 0.964 bits per heavy atom. The van der Waals surface area contributed by atoms with E-state index in [1.54, 1.807) is 36.4 Å². The van der Waals surface area contributed by atoms with Crippen molar-refractivity contribution in [1.82, 2.24) is 10.5 Å². The maximum Gasteiger partial charge on any atom is 0.319 e. The Bertz CT molecular complexity index is 1000. The van der Waals surface area contributed by atoms with Crippen molar-refractivity contribution in [1.29, 1.82) is 0 Å². The van der Waals surface area contributed by atoms with Gasteiger partial charge >= 0.3 is 6.03 Å². The van der Waals surface area contributed by atoms with Gasteiger partial charge in [0, 0.05) is 28.6 Å². The molecule has 0 saturated heterocycles. The highest BCUT2D eigenvalue weighted by molar-refractivity contribution is 5.99. The zero-order valence-electron chi connectivity index (χ0n) is 14.6. The van der Waals surface area contributed by atoms with E-state index in [9.17, 15) is 14.4 Å². The van der Waals surface area contributed by atoms with Gasteiger partial charge in [-0.3, -0.25) is 9.59 Å². The Balaban J connectivity index is 1.52. The second-order valence-corrected chi connectivity index (χ2v) is 5.77. The van der Waals surface area contributed by atoms with Crippen molar-refractivity contribution >= 4 is 29.2 Å². The van der Waals surface area contributed by atoms with Crippen molar-refractivity contribution in [3.8, 4) is 11.3 Å². The van der Waals surface area contributed by atoms with E-state index in [0.29, 0.717) is 17.1 Å². The van der Waals surface area contributed by atoms with E-state index >= 15 is 0 Å². The zero-order chi connectivity index (χ0) is 19.9. The Morgan fingerprint density at radius 2 is 1.71 bits per heavy atom. The van der Waals surface area contributed by atoms with E-state index in [2.05, 4.69) is 21.1 Å². The van der Waals surface area contributed by atoms with Crippen LogP contribution in [-0.4, -0.2) is 29.5 Å². The number of hydrogen-bond donors (Lipinski definition) is 4. The Morgan fingerprint density at radius 3 is 2.43 bits per heavy atom. The number of hydrogen-bond acceptors (Lipinski definition) is 5. The lowest BCUT2D eigenvalue weighted by atomic mass is 10.1. The lowest BCUT2D eigenvalue weighted by Crippen LogP contribution is -2.35.